The lowest BCUT2D eigenvalue weighted by Gasteiger charge is -2.32. The number of halogens is 2. The molecule has 1 aliphatic heterocycles. The molecule has 1 saturated heterocycles. The molecule has 0 N–H and O–H groups in total. The van der Waals surface area contributed by atoms with Crippen molar-refractivity contribution in [1.29, 1.82) is 0 Å². The minimum atomic E-state index is -0.406. The number of ether oxygens (including phenoxy) is 1. The van der Waals surface area contributed by atoms with Gasteiger partial charge in [-0.05, 0) is 54.6 Å². The van der Waals surface area contributed by atoms with Crippen LogP contribution in [0.15, 0.2) is 72.9 Å². The normalized spacial score (nSPS) is 14.9. The average Bonchev–Trinajstić information content (AvgIpc) is 3.29. The molecule has 1 aliphatic rings. The van der Waals surface area contributed by atoms with Gasteiger partial charge in [-0.3, -0.25) is 4.90 Å². The molecule has 1 aromatic heterocycles. The minimum absolute atomic E-state index is 0.212. The molecule has 1 fully saturated rings. The Morgan fingerprint density at radius 3 is 2.26 bits per heavy atom. The first-order valence-corrected chi connectivity index (χ1v) is 11.7. The van der Waals surface area contributed by atoms with E-state index >= 15 is 0 Å². The van der Waals surface area contributed by atoms with Crippen molar-refractivity contribution in [2.24, 2.45) is 0 Å². The number of aromatic nitrogens is 2. The molecule has 4 aromatic rings. The zero-order valence-corrected chi connectivity index (χ0v) is 19.9. The second kappa shape index (κ2) is 9.98. The van der Waals surface area contributed by atoms with Gasteiger partial charge in [-0.2, -0.15) is 5.10 Å². The maximum absolute atomic E-state index is 14.9. The van der Waals surface area contributed by atoms with Crippen molar-refractivity contribution in [1.82, 2.24) is 19.6 Å². The van der Waals surface area contributed by atoms with E-state index in [4.69, 9.17) is 4.74 Å². The van der Waals surface area contributed by atoms with Crippen molar-refractivity contribution in [2.45, 2.75) is 6.54 Å². The molecule has 3 aromatic carbocycles. The van der Waals surface area contributed by atoms with Crippen LogP contribution < -0.4 is 4.74 Å². The lowest BCUT2D eigenvalue weighted by atomic mass is 10.0. The zero-order chi connectivity index (χ0) is 24.4. The van der Waals surface area contributed by atoms with Gasteiger partial charge < -0.3 is 9.64 Å². The molecule has 0 bridgehead atoms. The van der Waals surface area contributed by atoms with Crippen molar-refractivity contribution in [2.75, 3.05) is 40.3 Å². The van der Waals surface area contributed by atoms with Gasteiger partial charge in [0.2, 0.25) is 0 Å². The molecule has 180 valence electrons. The molecule has 0 atom stereocenters. The van der Waals surface area contributed by atoms with Gasteiger partial charge in [-0.25, -0.2) is 13.5 Å². The van der Waals surface area contributed by atoms with Crippen molar-refractivity contribution >= 4 is 0 Å². The summed E-state index contributed by atoms with van der Waals surface area (Å²) in [7, 11) is 3.58. The van der Waals surface area contributed by atoms with E-state index in [1.165, 1.54) is 19.2 Å². The number of benzene rings is 3. The van der Waals surface area contributed by atoms with Gasteiger partial charge in [0, 0.05) is 43.9 Å². The van der Waals surface area contributed by atoms with Gasteiger partial charge in [0.1, 0.15) is 5.82 Å². The van der Waals surface area contributed by atoms with Gasteiger partial charge in [0.25, 0.3) is 0 Å². The van der Waals surface area contributed by atoms with E-state index in [0.717, 1.165) is 54.3 Å². The molecule has 5 nitrogen and oxygen atoms in total. The molecule has 7 heteroatoms. The highest BCUT2D eigenvalue weighted by Gasteiger charge is 2.21. The summed E-state index contributed by atoms with van der Waals surface area (Å²) in [6.45, 7) is 4.66. The fourth-order valence-corrected chi connectivity index (χ4v) is 4.52. The Morgan fingerprint density at radius 2 is 1.57 bits per heavy atom. The summed E-state index contributed by atoms with van der Waals surface area (Å²) in [5, 5.41) is 4.66. The molecule has 0 amide bonds. The fourth-order valence-electron chi connectivity index (χ4n) is 4.52. The van der Waals surface area contributed by atoms with Crippen LogP contribution in [0.3, 0.4) is 0 Å². The predicted octanol–water partition coefficient (Wildman–Crippen LogP) is 5.24. The van der Waals surface area contributed by atoms with Crippen molar-refractivity contribution < 1.29 is 13.5 Å². The number of nitrogens with zero attached hydrogens (tertiary/aromatic N) is 4. The summed E-state index contributed by atoms with van der Waals surface area (Å²) in [6, 6.07) is 19.4. The standard InChI is InChI=1S/C28H28F2N4O/c1-32-13-15-33(16-14-32)19-22-18-31-34(28(22)24-5-3-4-6-25(24)29)23-10-7-20(8-11-23)21-9-12-27(35-2)26(30)17-21/h3-12,17-18H,13-16,19H2,1-2H3. The van der Waals surface area contributed by atoms with E-state index in [2.05, 4.69) is 21.9 Å². The third-order valence-corrected chi connectivity index (χ3v) is 6.56. The maximum Gasteiger partial charge on any atom is 0.165 e. The van der Waals surface area contributed by atoms with Crippen LogP contribution in [0, 0.1) is 11.6 Å². The van der Waals surface area contributed by atoms with Gasteiger partial charge in [0.05, 0.1) is 24.7 Å². The van der Waals surface area contributed by atoms with Crippen LogP contribution in [-0.2, 0) is 6.54 Å². The maximum atomic E-state index is 14.9. The first-order valence-electron chi connectivity index (χ1n) is 11.7. The smallest absolute Gasteiger partial charge is 0.165 e. The highest BCUT2D eigenvalue weighted by molar-refractivity contribution is 5.69. The molecule has 0 radical (unpaired) electrons. The third kappa shape index (κ3) is 4.83. The van der Waals surface area contributed by atoms with Gasteiger partial charge in [-0.15, -0.1) is 0 Å². The Labute approximate surface area is 204 Å². The van der Waals surface area contributed by atoms with Crippen molar-refractivity contribution in [3.8, 4) is 33.8 Å². The summed E-state index contributed by atoms with van der Waals surface area (Å²) in [6.07, 6.45) is 1.84. The Balaban J connectivity index is 1.50. The molecular weight excluding hydrogens is 446 g/mol. The van der Waals surface area contributed by atoms with E-state index in [1.54, 1.807) is 22.9 Å². The molecule has 35 heavy (non-hydrogen) atoms. The minimum Gasteiger partial charge on any atom is -0.494 e. The van der Waals surface area contributed by atoms with Gasteiger partial charge in [-0.1, -0.05) is 30.3 Å². The molecule has 0 spiro atoms. The molecule has 0 unspecified atom stereocenters. The topological polar surface area (TPSA) is 33.5 Å². The first kappa shape index (κ1) is 23.2. The predicted molar refractivity (Wildman–Crippen MR) is 134 cm³/mol. The second-order valence-electron chi connectivity index (χ2n) is 8.89. The fraction of sp³-hybridized carbons (Fsp3) is 0.250. The lowest BCUT2D eigenvalue weighted by molar-refractivity contribution is 0.148. The number of hydrogen-bond acceptors (Lipinski definition) is 4. The van der Waals surface area contributed by atoms with Crippen molar-refractivity contribution in [3.05, 3.63) is 90.1 Å². The van der Waals surface area contributed by atoms with Crippen LogP contribution in [0.2, 0.25) is 0 Å². The highest BCUT2D eigenvalue weighted by Crippen LogP contribution is 2.31. The lowest BCUT2D eigenvalue weighted by Crippen LogP contribution is -2.43. The van der Waals surface area contributed by atoms with Crippen LogP contribution in [0.25, 0.3) is 28.1 Å². The summed E-state index contributed by atoms with van der Waals surface area (Å²) in [5.74, 6) is -0.472. The van der Waals surface area contributed by atoms with Crippen LogP contribution in [0.1, 0.15) is 5.56 Å². The van der Waals surface area contributed by atoms with Gasteiger partial charge >= 0.3 is 0 Å². The monoisotopic (exact) mass is 474 g/mol. The summed E-state index contributed by atoms with van der Waals surface area (Å²) < 4.78 is 35.9. The van der Waals surface area contributed by atoms with E-state index in [0.29, 0.717) is 12.1 Å². The van der Waals surface area contributed by atoms with E-state index < -0.39 is 5.82 Å². The quantitative estimate of drug-likeness (QED) is 0.383. The Morgan fingerprint density at radius 1 is 0.857 bits per heavy atom. The molecule has 0 aliphatic carbocycles. The van der Waals surface area contributed by atoms with Crippen LogP contribution in [-0.4, -0.2) is 59.9 Å². The highest BCUT2D eigenvalue weighted by atomic mass is 19.1. The number of methoxy groups -OCH3 is 1. The number of hydrogen-bond donors (Lipinski definition) is 0. The van der Waals surface area contributed by atoms with Crippen molar-refractivity contribution in [3.63, 3.8) is 0 Å². The van der Waals surface area contributed by atoms with Crippen LogP contribution in [0.5, 0.6) is 5.75 Å². The van der Waals surface area contributed by atoms with Crippen LogP contribution in [0.4, 0.5) is 8.78 Å². The number of likely N-dealkylation sites (N-methyl/N-ethyl adjacent to an activating group) is 1. The number of rotatable bonds is 6. The largest absolute Gasteiger partial charge is 0.494 e. The third-order valence-electron chi connectivity index (χ3n) is 6.56. The summed E-state index contributed by atoms with van der Waals surface area (Å²) >= 11 is 0. The Bertz CT molecular complexity index is 1310. The van der Waals surface area contributed by atoms with E-state index in [1.807, 2.05) is 42.6 Å². The molecule has 0 saturated carbocycles. The Hall–Kier alpha value is -3.55. The summed E-state index contributed by atoms with van der Waals surface area (Å²) in [5.41, 5.74) is 4.69. The zero-order valence-electron chi connectivity index (χ0n) is 19.9. The summed E-state index contributed by atoms with van der Waals surface area (Å²) in [4.78, 5) is 4.70. The SMILES string of the molecule is COc1ccc(-c2ccc(-n3ncc(CN4CCN(C)CC4)c3-c3ccccc3F)cc2)cc1F. The molecule has 5 rings (SSSR count). The first-order chi connectivity index (χ1) is 17.0. The molecular formula is C28H28F2N4O. The second-order valence-corrected chi connectivity index (χ2v) is 8.89. The van der Waals surface area contributed by atoms with Crippen LogP contribution >= 0.6 is 0 Å². The average molecular weight is 475 g/mol. The van der Waals surface area contributed by atoms with Gasteiger partial charge in [0.15, 0.2) is 11.6 Å². The van der Waals surface area contributed by atoms with E-state index in [9.17, 15) is 8.78 Å². The van der Waals surface area contributed by atoms with E-state index in [-0.39, 0.29) is 11.6 Å². The number of piperazine rings is 1. The Kier molecular flexibility index (Phi) is 6.61. The molecule has 2 heterocycles.